The Morgan fingerprint density at radius 1 is 1.35 bits per heavy atom. The minimum Gasteiger partial charge on any atom is -0.350 e. The van der Waals surface area contributed by atoms with Gasteiger partial charge >= 0.3 is 0 Å². The number of rotatable bonds is 7. The fourth-order valence-corrected chi connectivity index (χ4v) is 2.39. The van der Waals surface area contributed by atoms with Crippen molar-refractivity contribution in [3.63, 3.8) is 0 Å². The number of alkyl halides is 2. The first-order chi connectivity index (χ1) is 9.28. The van der Waals surface area contributed by atoms with Crippen LogP contribution in [0.3, 0.4) is 0 Å². The predicted octanol–water partition coefficient (Wildman–Crippen LogP) is 0.362. The van der Waals surface area contributed by atoms with Gasteiger partial charge in [0, 0.05) is 33.4 Å². The number of sulfonamides is 1. The van der Waals surface area contributed by atoms with Crippen LogP contribution >= 0.6 is 0 Å². The molecule has 9 heteroatoms. The normalized spacial score (nSPS) is 12.2. The summed E-state index contributed by atoms with van der Waals surface area (Å²) in [6, 6.07) is 2.74. The molecule has 1 aromatic rings. The first kappa shape index (κ1) is 16.7. The average Bonchev–Trinajstić information content (AvgIpc) is 2.37. The van der Waals surface area contributed by atoms with Crippen LogP contribution in [0, 0.1) is 0 Å². The van der Waals surface area contributed by atoms with Crippen molar-refractivity contribution in [1.29, 1.82) is 0 Å². The van der Waals surface area contributed by atoms with Gasteiger partial charge in [0.1, 0.15) is 10.7 Å². The van der Waals surface area contributed by atoms with Crippen LogP contribution in [0.15, 0.2) is 23.2 Å². The van der Waals surface area contributed by atoms with Crippen molar-refractivity contribution in [3.05, 3.63) is 18.3 Å². The van der Waals surface area contributed by atoms with E-state index in [0.29, 0.717) is 0 Å². The Labute approximate surface area is 117 Å². The minimum absolute atomic E-state index is 0.0102. The van der Waals surface area contributed by atoms with Gasteiger partial charge in [0.25, 0.3) is 6.43 Å². The van der Waals surface area contributed by atoms with Crippen LogP contribution in [0.25, 0.3) is 0 Å². The Morgan fingerprint density at radius 3 is 2.40 bits per heavy atom. The average molecular weight is 308 g/mol. The van der Waals surface area contributed by atoms with E-state index in [0.717, 1.165) is 10.5 Å². The van der Waals surface area contributed by atoms with Crippen molar-refractivity contribution in [3.8, 4) is 0 Å². The lowest BCUT2D eigenvalue weighted by atomic mass is 10.4. The minimum atomic E-state index is -3.58. The van der Waals surface area contributed by atoms with Crippen molar-refractivity contribution < 1.29 is 17.2 Å². The Kier molecular flexibility index (Phi) is 5.78. The molecule has 6 nitrogen and oxygen atoms in total. The summed E-state index contributed by atoms with van der Waals surface area (Å²) in [6.45, 7) is -0.0761. The van der Waals surface area contributed by atoms with Gasteiger partial charge in [-0.25, -0.2) is 26.5 Å². The molecule has 114 valence electrons. The molecule has 0 fully saturated rings. The number of nitrogens with two attached hydrogens (primary N) is 1. The molecule has 1 heterocycles. The molecule has 1 rings (SSSR count). The Hall–Kier alpha value is -1.32. The predicted molar refractivity (Wildman–Crippen MR) is 72.4 cm³/mol. The molecule has 0 aliphatic carbocycles. The fraction of sp³-hybridized carbons (Fsp3) is 0.545. The van der Waals surface area contributed by atoms with Crippen LogP contribution in [-0.2, 0) is 10.0 Å². The van der Waals surface area contributed by atoms with Crippen molar-refractivity contribution >= 4 is 15.8 Å². The quantitative estimate of drug-likeness (QED) is 0.787. The number of hydrogen-bond acceptors (Lipinski definition) is 5. The van der Waals surface area contributed by atoms with Crippen LogP contribution in [-0.4, -0.2) is 57.9 Å². The largest absolute Gasteiger partial charge is 0.350 e. The van der Waals surface area contributed by atoms with E-state index < -0.39 is 23.0 Å². The standard InChI is InChI=1S/C11H18F2N4O2S/c1-16(2)20(18,19)9-3-4-11(15-7-9)17(6-5-14)8-10(12)13/h3-4,7,10H,5-6,8,14H2,1-2H3. The van der Waals surface area contributed by atoms with Crippen LogP contribution < -0.4 is 10.6 Å². The second-order valence-electron chi connectivity index (χ2n) is 4.27. The molecule has 0 aliphatic heterocycles. The van der Waals surface area contributed by atoms with Crippen LogP contribution in [0.5, 0.6) is 0 Å². The van der Waals surface area contributed by atoms with Crippen LogP contribution in [0.1, 0.15) is 0 Å². The van der Waals surface area contributed by atoms with Crippen molar-refractivity contribution in [2.45, 2.75) is 11.3 Å². The number of pyridine rings is 1. The maximum atomic E-state index is 12.5. The van der Waals surface area contributed by atoms with Gasteiger partial charge < -0.3 is 10.6 Å². The fourth-order valence-electron chi connectivity index (χ4n) is 1.54. The molecule has 0 bridgehead atoms. The third kappa shape index (κ3) is 4.09. The highest BCUT2D eigenvalue weighted by atomic mass is 32.2. The first-order valence-electron chi connectivity index (χ1n) is 5.90. The van der Waals surface area contributed by atoms with Crippen molar-refractivity contribution in [2.75, 3.05) is 38.6 Å². The maximum absolute atomic E-state index is 12.5. The van der Waals surface area contributed by atoms with E-state index >= 15 is 0 Å². The van der Waals surface area contributed by atoms with E-state index in [9.17, 15) is 17.2 Å². The highest BCUT2D eigenvalue weighted by molar-refractivity contribution is 7.89. The monoisotopic (exact) mass is 308 g/mol. The van der Waals surface area contributed by atoms with Gasteiger partial charge in [-0.3, -0.25) is 0 Å². The zero-order valence-electron chi connectivity index (χ0n) is 11.3. The van der Waals surface area contributed by atoms with Gasteiger partial charge in [-0.2, -0.15) is 0 Å². The summed E-state index contributed by atoms with van der Waals surface area (Å²) in [4.78, 5) is 5.26. The third-order valence-corrected chi connectivity index (χ3v) is 4.38. The summed E-state index contributed by atoms with van der Waals surface area (Å²) in [7, 11) is -0.768. The summed E-state index contributed by atoms with van der Waals surface area (Å²) in [5, 5.41) is 0. The van der Waals surface area contributed by atoms with Gasteiger partial charge in [-0.05, 0) is 12.1 Å². The third-order valence-electron chi connectivity index (χ3n) is 2.58. The molecule has 0 radical (unpaired) electrons. The molecular formula is C11H18F2N4O2S. The molecular weight excluding hydrogens is 290 g/mol. The van der Waals surface area contributed by atoms with Crippen molar-refractivity contribution in [1.82, 2.24) is 9.29 Å². The van der Waals surface area contributed by atoms with E-state index in [4.69, 9.17) is 5.73 Å². The summed E-state index contributed by atoms with van der Waals surface area (Å²) < 4.78 is 49.7. The lowest BCUT2D eigenvalue weighted by Crippen LogP contribution is -2.34. The van der Waals surface area contributed by atoms with E-state index in [1.165, 1.54) is 31.1 Å². The second-order valence-corrected chi connectivity index (χ2v) is 6.42. The van der Waals surface area contributed by atoms with Crippen LogP contribution in [0.2, 0.25) is 0 Å². The number of nitrogens with zero attached hydrogens (tertiary/aromatic N) is 3. The zero-order valence-corrected chi connectivity index (χ0v) is 12.1. The first-order valence-corrected chi connectivity index (χ1v) is 7.34. The topological polar surface area (TPSA) is 79.5 Å². The molecule has 0 atom stereocenters. The summed E-state index contributed by atoms with van der Waals surface area (Å²) in [6.07, 6.45) is -1.37. The molecule has 0 unspecified atom stereocenters. The van der Waals surface area contributed by atoms with Crippen molar-refractivity contribution in [2.24, 2.45) is 5.73 Å². The molecule has 0 aromatic carbocycles. The molecule has 0 amide bonds. The molecule has 2 N–H and O–H groups in total. The smallest absolute Gasteiger partial charge is 0.255 e. The van der Waals surface area contributed by atoms with E-state index in [1.807, 2.05) is 0 Å². The number of hydrogen-bond donors (Lipinski definition) is 1. The summed E-state index contributed by atoms with van der Waals surface area (Å²) in [5.41, 5.74) is 5.36. The van der Waals surface area contributed by atoms with Gasteiger partial charge in [0.05, 0.1) is 6.54 Å². The molecule has 0 aliphatic rings. The lowest BCUT2D eigenvalue weighted by Gasteiger charge is -2.22. The Bertz CT molecular complexity index is 520. The number of anilines is 1. The Morgan fingerprint density at radius 2 is 2.00 bits per heavy atom. The van der Waals surface area contributed by atoms with Gasteiger partial charge in [-0.15, -0.1) is 0 Å². The Balaban J connectivity index is 2.99. The van der Waals surface area contributed by atoms with E-state index in [1.54, 1.807) is 0 Å². The highest BCUT2D eigenvalue weighted by Crippen LogP contribution is 2.17. The number of aromatic nitrogens is 1. The molecule has 0 spiro atoms. The van der Waals surface area contributed by atoms with Crippen LogP contribution in [0.4, 0.5) is 14.6 Å². The lowest BCUT2D eigenvalue weighted by molar-refractivity contribution is 0.154. The highest BCUT2D eigenvalue weighted by Gasteiger charge is 2.19. The summed E-state index contributed by atoms with van der Waals surface area (Å²) >= 11 is 0. The van der Waals surface area contributed by atoms with E-state index in [2.05, 4.69) is 4.98 Å². The number of halogens is 2. The summed E-state index contributed by atoms with van der Waals surface area (Å²) in [5.74, 6) is 0.272. The second kappa shape index (κ2) is 6.91. The zero-order chi connectivity index (χ0) is 15.3. The van der Waals surface area contributed by atoms with E-state index in [-0.39, 0.29) is 23.8 Å². The maximum Gasteiger partial charge on any atom is 0.255 e. The molecule has 20 heavy (non-hydrogen) atoms. The molecule has 0 saturated carbocycles. The van der Waals surface area contributed by atoms with Gasteiger partial charge in [-0.1, -0.05) is 0 Å². The van der Waals surface area contributed by atoms with Gasteiger partial charge in [0.2, 0.25) is 10.0 Å². The van der Waals surface area contributed by atoms with Gasteiger partial charge in [0.15, 0.2) is 0 Å². The SMILES string of the molecule is CN(C)S(=O)(=O)c1ccc(N(CCN)CC(F)F)nc1. The molecule has 0 saturated heterocycles. The molecule has 1 aromatic heterocycles.